The van der Waals surface area contributed by atoms with Crippen molar-refractivity contribution >= 4 is 5.97 Å². The van der Waals surface area contributed by atoms with E-state index in [1.807, 2.05) is 23.9 Å². The molecular weight excluding hydrogens is 366 g/mol. The van der Waals surface area contributed by atoms with Crippen molar-refractivity contribution in [3.8, 4) is 5.69 Å². The molecule has 1 aliphatic heterocycles. The van der Waals surface area contributed by atoms with Crippen molar-refractivity contribution in [3.63, 3.8) is 0 Å². The summed E-state index contributed by atoms with van der Waals surface area (Å²) in [5.74, 6) is -0.0883. The number of nitrogens with zero attached hydrogens (tertiary/aromatic N) is 3. The Morgan fingerprint density at radius 1 is 1.31 bits per heavy atom. The molecule has 1 atom stereocenters. The molecule has 6 heteroatoms. The van der Waals surface area contributed by atoms with E-state index in [1.54, 1.807) is 13.3 Å². The number of piperidine rings is 1. The normalized spacial score (nSPS) is 20.0. The lowest BCUT2D eigenvalue weighted by molar-refractivity contribution is -0.160. The van der Waals surface area contributed by atoms with Crippen LogP contribution in [0.1, 0.15) is 42.9 Å². The average molecular weight is 400 g/mol. The second kappa shape index (κ2) is 9.55. The predicted octanol–water partition coefficient (Wildman–Crippen LogP) is 3.67. The predicted molar refractivity (Wildman–Crippen MR) is 113 cm³/mol. The summed E-state index contributed by atoms with van der Waals surface area (Å²) in [5, 5.41) is 4.45. The number of likely N-dealkylation sites (tertiary alicyclic amines) is 1. The van der Waals surface area contributed by atoms with Crippen LogP contribution >= 0.6 is 0 Å². The van der Waals surface area contributed by atoms with Crippen molar-refractivity contribution < 1.29 is 14.3 Å². The SMILES string of the molecule is CCOC(=O)[C@]1(CCOC)CCCN(Cc2c(C)cc(C)cc2-n2cccn2)C1. The average Bonchev–Trinajstić information content (AvgIpc) is 3.23. The van der Waals surface area contributed by atoms with Gasteiger partial charge in [0.25, 0.3) is 0 Å². The zero-order valence-electron chi connectivity index (χ0n) is 18.1. The van der Waals surface area contributed by atoms with Gasteiger partial charge < -0.3 is 9.47 Å². The van der Waals surface area contributed by atoms with Crippen LogP contribution in [-0.2, 0) is 20.8 Å². The van der Waals surface area contributed by atoms with Crippen molar-refractivity contribution in [2.75, 3.05) is 33.4 Å². The minimum Gasteiger partial charge on any atom is -0.466 e. The number of benzene rings is 1. The van der Waals surface area contributed by atoms with Gasteiger partial charge in [0, 0.05) is 39.2 Å². The number of aromatic nitrogens is 2. The molecule has 6 nitrogen and oxygen atoms in total. The largest absolute Gasteiger partial charge is 0.466 e. The fourth-order valence-corrected chi connectivity index (χ4v) is 4.44. The number of esters is 1. The Kier molecular flexibility index (Phi) is 7.09. The summed E-state index contributed by atoms with van der Waals surface area (Å²) in [6, 6.07) is 6.34. The highest BCUT2D eigenvalue weighted by Crippen LogP contribution is 2.36. The maximum Gasteiger partial charge on any atom is 0.313 e. The third-order valence-electron chi connectivity index (χ3n) is 5.88. The van der Waals surface area contributed by atoms with Gasteiger partial charge in [-0.15, -0.1) is 0 Å². The molecule has 3 rings (SSSR count). The molecule has 1 fully saturated rings. The molecule has 0 saturated carbocycles. The van der Waals surface area contributed by atoms with E-state index in [4.69, 9.17) is 9.47 Å². The number of ether oxygens (including phenoxy) is 2. The Balaban J connectivity index is 1.87. The van der Waals surface area contributed by atoms with E-state index in [2.05, 4.69) is 36.0 Å². The van der Waals surface area contributed by atoms with Gasteiger partial charge in [-0.3, -0.25) is 9.69 Å². The summed E-state index contributed by atoms with van der Waals surface area (Å²) in [5.41, 5.74) is 4.34. The molecule has 158 valence electrons. The Bertz CT molecular complexity index is 819. The van der Waals surface area contributed by atoms with E-state index < -0.39 is 5.41 Å². The van der Waals surface area contributed by atoms with Crippen molar-refractivity contribution in [3.05, 3.63) is 47.3 Å². The van der Waals surface area contributed by atoms with E-state index in [1.165, 1.54) is 16.7 Å². The molecule has 29 heavy (non-hydrogen) atoms. The quantitative estimate of drug-likeness (QED) is 0.634. The molecule has 0 N–H and O–H groups in total. The van der Waals surface area contributed by atoms with Crippen molar-refractivity contribution in [1.29, 1.82) is 0 Å². The Labute approximate surface area is 173 Å². The van der Waals surface area contributed by atoms with Gasteiger partial charge in [0.1, 0.15) is 0 Å². The van der Waals surface area contributed by atoms with E-state index in [9.17, 15) is 4.79 Å². The van der Waals surface area contributed by atoms with Gasteiger partial charge >= 0.3 is 5.97 Å². The van der Waals surface area contributed by atoms with Crippen LogP contribution in [0.3, 0.4) is 0 Å². The monoisotopic (exact) mass is 399 g/mol. The zero-order valence-corrected chi connectivity index (χ0v) is 18.1. The van der Waals surface area contributed by atoms with Crippen molar-refractivity contribution in [2.24, 2.45) is 5.41 Å². The topological polar surface area (TPSA) is 56.6 Å². The number of hydrogen-bond donors (Lipinski definition) is 0. The Hall–Kier alpha value is -2.18. The van der Waals surface area contributed by atoms with Gasteiger partial charge in [0.2, 0.25) is 0 Å². The molecule has 1 aromatic carbocycles. The first-order valence-corrected chi connectivity index (χ1v) is 10.5. The fourth-order valence-electron chi connectivity index (χ4n) is 4.44. The highest BCUT2D eigenvalue weighted by Gasteiger charge is 2.43. The molecule has 1 aromatic heterocycles. The lowest BCUT2D eigenvalue weighted by Crippen LogP contribution is -2.49. The molecule has 0 spiro atoms. The standard InChI is InChI=1S/C23H33N3O3/c1-5-29-22(27)23(9-13-28-4)8-6-11-25(17-23)16-20-19(3)14-18(2)15-21(20)26-12-7-10-24-26/h7,10,12,14-15H,5-6,8-9,11,13,16-17H2,1-4H3/t23-/m0/s1. The van der Waals surface area contributed by atoms with E-state index >= 15 is 0 Å². The summed E-state index contributed by atoms with van der Waals surface area (Å²) in [4.78, 5) is 15.3. The molecule has 1 aliphatic rings. The second-order valence-corrected chi connectivity index (χ2v) is 8.09. The summed E-state index contributed by atoms with van der Waals surface area (Å²) in [6.07, 6.45) is 6.31. The van der Waals surface area contributed by atoms with Crippen molar-refractivity contribution in [1.82, 2.24) is 14.7 Å². The van der Waals surface area contributed by atoms with Crippen LogP contribution in [0.4, 0.5) is 0 Å². The lowest BCUT2D eigenvalue weighted by Gasteiger charge is -2.41. The third kappa shape index (κ3) is 4.87. The summed E-state index contributed by atoms with van der Waals surface area (Å²) in [7, 11) is 1.69. The zero-order chi connectivity index (χ0) is 20.9. The molecule has 0 unspecified atom stereocenters. The van der Waals surface area contributed by atoms with Gasteiger partial charge in [-0.05, 0) is 75.4 Å². The highest BCUT2D eigenvalue weighted by atomic mass is 16.5. The van der Waals surface area contributed by atoms with E-state index in [-0.39, 0.29) is 5.97 Å². The lowest BCUT2D eigenvalue weighted by atomic mass is 9.77. The number of methoxy groups -OCH3 is 1. The van der Waals surface area contributed by atoms with Crippen LogP contribution in [0.25, 0.3) is 5.69 Å². The van der Waals surface area contributed by atoms with Gasteiger partial charge in [0.05, 0.1) is 17.7 Å². The van der Waals surface area contributed by atoms with Crippen LogP contribution in [0.15, 0.2) is 30.6 Å². The van der Waals surface area contributed by atoms with Gasteiger partial charge in [-0.2, -0.15) is 5.10 Å². The van der Waals surface area contributed by atoms with Crippen LogP contribution in [0.5, 0.6) is 0 Å². The van der Waals surface area contributed by atoms with Crippen LogP contribution in [0, 0.1) is 19.3 Å². The Morgan fingerprint density at radius 3 is 2.83 bits per heavy atom. The third-order valence-corrected chi connectivity index (χ3v) is 5.88. The first-order chi connectivity index (χ1) is 14.0. The number of rotatable bonds is 8. The maximum atomic E-state index is 12.9. The highest BCUT2D eigenvalue weighted by molar-refractivity contribution is 5.77. The fraction of sp³-hybridized carbons (Fsp3) is 0.565. The first kappa shape index (κ1) is 21.5. The van der Waals surface area contributed by atoms with E-state index in [0.29, 0.717) is 26.2 Å². The molecule has 1 saturated heterocycles. The first-order valence-electron chi connectivity index (χ1n) is 10.5. The number of carbonyl (C=O) groups excluding carboxylic acids is 1. The molecule has 0 radical (unpaired) electrons. The maximum absolute atomic E-state index is 12.9. The summed E-state index contributed by atoms with van der Waals surface area (Å²) in [6.45, 7) is 9.57. The summed E-state index contributed by atoms with van der Waals surface area (Å²) < 4.78 is 12.7. The van der Waals surface area contributed by atoms with Crippen molar-refractivity contribution in [2.45, 2.75) is 46.6 Å². The molecule has 0 amide bonds. The summed E-state index contributed by atoms with van der Waals surface area (Å²) >= 11 is 0. The number of hydrogen-bond acceptors (Lipinski definition) is 5. The Morgan fingerprint density at radius 2 is 2.14 bits per heavy atom. The second-order valence-electron chi connectivity index (χ2n) is 8.09. The van der Waals surface area contributed by atoms with Gasteiger partial charge in [-0.1, -0.05) is 6.07 Å². The minimum absolute atomic E-state index is 0.0883. The number of carbonyl (C=O) groups is 1. The van der Waals surface area contributed by atoms with Gasteiger partial charge in [-0.25, -0.2) is 4.68 Å². The molecule has 0 bridgehead atoms. The molecule has 2 heterocycles. The van der Waals surface area contributed by atoms with Crippen LogP contribution in [0.2, 0.25) is 0 Å². The molecule has 2 aromatic rings. The molecular formula is C23H33N3O3. The van der Waals surface area contributed by atoms with Crippen LogP contribution in [-0.4, -0.2) is 54.1 Å². The molecule has 0 aliphatic carbocycles. The van der Waals surface area contributed by atoms with Gasteiger partial charge in [0.15, 0.2) is 0 Å². The van der Waals surface area contributed by atoms with E-state index in [0.717, 1.165) is 31.6 Å². The number of aryl methyl sites for hydroxylation is 2. The minimum atomic E-state index is -0.491. The smallest absolute Gasteiger partial charge is 0.313 e. The van der Waals surface area contributed by atoms with Crippen LogP contribution < -0.4 is 0 Å².